The van der Waals surface area contributed by atoms with Crippen LogP contribution in [0.1, 0.15) is 40.0 Å². The van der Waals surface area contributed by atoms with E-state index in [1.165, 1.54) is 12.8 Å². The molecule has 0 aromatic rings. The number of ether oxygens (including phenoxy) is 1. The highest BCUT2D eigenvalue weighted by Crippen LogP contribution is 2.18. The molecule has 0 amide bonds. The smallest absolute Gasteiger partial charge is 0.0569 e. The summed E-state index contributed by atoms with van der Waals surface area (Å²) in [5.74, 6) is 0.636. The van der Waals surface area contributed by atoms with E-state index in [2.05, 4.69) is 26.1 Å². The Morgan fingerprint density at radius 3 is 2.54 bits per heavy atom. The Morgan fingerprint density at radius 1 is 1.31 bits per heavy atom. The SMILES string of the molecule is CC(C)C(C)OCCCNC1CC1. The molecule has 1 atom stereocenters. The lowest BCUT2D eigenvalue weighted by molar-refractivity contribution is 0.0342. The van der Waals surface area contributed by atoms with Crippen LogP contribution in [0.4, 0.5) is 0 Å². The summed E-state index contributed by atoms with van der Waals surface area (Å²) in [4.78, 5) is 0. The van der Waals surface area contributed by atoms with Gasteiger partial charge in [0.2, 0.25) is 0 Å². The van der Waals surface area contributed by atoms with Gasteiger partial charge in [-0.1, -0.05) is 13.8 Å². The molecule has 1 aliphatic rings. The maximum absolute atomic E-state index is 5.67. The van der Waals surface area contributed by atoms with Gasteiger partial charge in [0.15, 0.2) is 0 Å². The third-order valence-corrected chi connectivity index (χ3v) is 2.65. The van der Waals surface area contributed by atoms with Crippen LogP contribution in [-0.4, -0.2) is 25.3 Å². The van der Waals surface area contributed by atoms with Crippen LogP contribution in [0.2, 0.25) is 0 Å². The van der Waals surface area contributed by atoms with E-state index < -0.39 is 0 Å². The van der Waals surface area contributed by atoms with Gasteiger partial charge in [0.05, 0.1) is 6.10 Å². The van der Waals surface area contributed by atoms with Gasteiger partial charge in [0, 0.05) is 12.6 Å². The minimum absolute atomic E-state index is 0.404. The number of hydrogen-bond acceptors (Lipinski definition) is 2. The van der Waals surface area contributed by atoms with Crippen LogP contribution >= 0.6 is 0 Å². The van der Waals surface area contributed by atoms with Crippen molar-refractivity contribution < 1.29 is 4.74 Å². The van der Waals surface area contributed by atoms with Crippen molar-refractivity contribution in [3.8, 4) is 0 Å². The van der Waals surface area contributed by atoms with Crippen LogP contribution < -0.4 is 5.32 Å². The molecule has 0 aromatic carbocycles. The largest absolute Gasteiger partial charge is 0.378 e. The Bertz CT molecular complexity index is 132. The minimum atomic E-state index is 0.404. The average Bonchev–Trinajstić information content (AvgIpc) is 2.87. The van der Waals surface area contributed by atoms with Crippen molar-refractivity contribution in [2.45, 2.75) is 52.2 Å². The Morgan fingerprint density at radius 2 is 2.00 bits per heavy atom. The molecule has 1 rings (SSSR count). The zero-order valence-electron chi connectivity index (χ0n) is 9.18. The molecule has 1 fully saturated rings. The van der Waals surface area contributed by atoms with E-state index in [0.29, 0.717) is 12.0 Å². The van der Waals surface area contributed by atoms with Crippen LogP contribution in [-0.2, 0) is 4.74 Å². The average molecular weight is 185 g/mol. The third-order valence-electron chi connectivity index (χ3n) is 2.65. The number of nitrogens with one attached hydrogen (secondary N) is 1. The van der Waals surface area contributed by atoms with Crippen LogP contribution in [0.3, 0.4) is 0 Å². The highest BCUT2D eigenvalue weighted by atomic mass is 16.5. The van der Waals surface area contributed by atoms with E-state index in [4.69, 9.17) is 4.74 Å². The summed E-state index contributed by atoms with van der Waals surface area (Å²) in [6.07, 6.45) is 4.31. The van der Waals surface area contributed by atoms with Crippen LogP contribution in [0.25, 0.3) is 0 Å². The van der Waals surface area contributed by atoms with Crippen molar-refractivity contribution in [1.82, 2.24) is 5.32 Å². The van der Waals surface area contributed by atoms with Gasteiger partial charge in [-0.2, -0.15) is 0 Å². The maximum atomic E-state index is 5.67. The number of hydrogen-bond donors (Lipinski definition) is 1. The van der Waals surface area contributed by atoms with Gasteiger partial charge >= 0.3 is 0 Å². The molecule has 78 valence electrons. The van der Waals surface area contributed by atoms with Gasteiger partial charge in [0.1, 0.15) is 0 Å². The highest BCUT2D eigenvalue weighted by molar-refractivity contribution is 4.80. The molecule has 0 aromatic heterocycles. The second kappa shape index (κ2) is 5.61. The Labute approximate surface area is 82.0 Å². The summed E-state index contributed by atoms with van der Waals surface area (Å²) in [5, 5.41) is 3.48. The Kier molecular flexibility index (Phi) is 4.74. The standard InChI is InChI=1S/C11H23NO/c1-9(2)10(3)13-8-4-7-12-11-5-6-11/h9-12H,4-8H2,1-3H3. The highest BCUT2D eigenvalue weighted by Gasteiger charge is 2.19. The summed E-state index contributed by atoms with van der Waals surface area (Å²) in [5.41, 5.74) is 0. The van der Waals surface area contributed by atoms with Gasteiger partial charge in [0.25, 0.3) is 0 Å². The van der Waals surface area contributed by atoms with Gasteiger partial charge in [-0.25, -0.2) is 0 Å². The number of rotatable bonds is 7. The van der Waals surface area contributed by atoms with E-state index in [-0.39, 0.29) is 0 Å². The van der Waals surface area contributed by atoms with E-state index in [0.717, 1.165) is 25.6 Å². The van der Waals surface area contributed by atoms with Gasteiger partial charge < -0.3 is 10.1 Å². The lowest BCUT2D eigenvalue weighted by Crippen LogP contribution is -2.21. The van der Waals surface area contributed by atoms with Crippen molar-refractivity contribution in [1.29, 1.82) is 0 Å². The molecule has 1 unspecified atom stereocenters. The van der Waals surface area contributed by atoms with E-state index >= 15 is 0 Å². The van der Waals surface area contributed by atoms with Crippen molar-refractivity contribution in [3.63, 3.8) is 0 Å². The molecule has 13 heavy (non-hydrogen) atoms. The summed E-state index contributed by atoms with van der Waals surface area (Å²) in [6.45, 7) is 8.58. The van der Waals surface area contributed by atoms with Crippen LogP contribution in [0.15, 0.2) is 0 Å². The van der Waals surface area contributed by atoms with Crippen LogP contribution in [0.5, 0.6) is 0 Å². The molecule has 0 saturated heterocycles. The molecule has 0 bridgehead atoms. The quantitative estimate of drug-likeness (QED) is 0.614. The lowest BCUT2D eigenvalue weighted by Gasteiger charge is -2.16. The predicted molar refractivity (Wildman–Crippen MR) is 55.9 cm³/mol. The zero-order chi connectivity index (χ0) is 9.68. The summed E-state index contributed by atoms with van der Waals surface area (Å²) in [7, 11) is 0. The first-order chi connectivity index (χ1) is 6.20. The fourth-order valence-electron chi connectivity index (χ4n) is 1.13. The van der Waals surface area contributed by atoms with E-state index in [1.54, 1.807) is 0 Å². The normalized spacial score (nSPS) is 19.4. The zero-order valence-corrected chi connectivity index (χ0v) is 9.18. The summed E-state index contributed by atoms with van der Waals surface area (Å²) >= 11 is 0. The van der Waals surface area contributed by atoms with E-state index in [9.17, 15) is 0 Å². The molecule has 0 aliphatic heterocycles. The molecule has 1 saturated carbocycles. The second-order valence-electron chi connectivity index (χ2n) is 4.40. The molecular formula is C11H23NO. The molecule has 0 heterocycles. The molecule has 0 spiro atoms. The maximum Gasteiger partial charge on any atom is 0.0569 e. The van der Waals surface area contributed by atoms with E-state index in [1.807, 2.05) is 0 Å². The predicted octanol–water partition coefficient (Wildman–Crippen LogP) is 2.19. The molecule has 1 N–H and O–H groups in total. The van der Waals surface area contributed by atoms with Gasteiger partial charge in [-0.15, -0.1) is 0 Å². The fourth-order valence-corrected chi connectivity index (χ4v) is 1.13. The molecule has 2 nitrogen and oxygen atoms in total. The van der Waals surface area contributed by atoms with Crippen LogP contribution in [0, 0.1) is 5.92 Å². The van der Waals surface area contributed by atoms with Crippen molar-refractivity contribution in [2.24, 2.45) is 5.92 Å². The fraction of sp³-hybridized carbons (Fsp3) is 1.00. The molecular weight excluding hydrogens is 162 g/mol. The first kappa shape index (κ1) is 11.0. The molecule has 0 radical (unpaired) electrons. The third kappa shape index (κ3) is 5.27. The first-order valence-electron chi connectivity index (χ1n) is 5.55. The Balaban J connectivity index is 1.82. The topological polar surface area (TPSA) is 21.3 Å². The van der Waals surface area contributed by atoms with Gasteiger partial charge in [-0.05, 0) is 38.6 Å². The van der Waals surface area contributed by atoms with Crippen molar-refractivity contribution in [2.75, 3.05) is 13.2 Å². The summed E-state index contributed by atoms with van der Waals surface area (Å²) in [6, 6.07) is 0.836. The molecule has 2 heteroatoms. The lowest BCUT2D eigenvalue weighted by atomic mass is 10.1. The Hall–Kier alpha value is -0.0800. The summed E-state index contributed by atoms with van der Waals surface area (Å²) < 4.78 is 5.67. The molecule has 1 aliphatic carbocycles. The second-order valence-corrected chi connectivity index (χ2v) is 4.40. The minimum Gasteiger partial charge on any atom is -0.378 e. The van der Waals surface area contributed by atoms with Crippen molar-refractivity contribution >= 4 is 0 Å². The van der Waals surface area contributed by atoms with Gasteiger partial charge in [-0.3, -0.25) is 0 Å². The first-order valence-corrected chi connectivity index (χ1v) is 5.55. The monoisotopic (exact) mass is 185 g/mol. The van der Waals surface area contributed by atoms with Crippen molar-refractivity contribution in [3.05, 3.63) is 0 Å².